The molecular formula is C20H13F3N6O2. The summed E-state index contributed by atoms with van der Waals surface area (Å²) in [5.74, 6) is -7.13. The highest BCUT2D eigenvalue weighted by molar-refractivity contribution is 5.91. The van der Waals surface area contributed by atoms with Crippen molar-refractivity contribution in [3.8, 4) is 12.1 Å². The van der Waals surface area contributed by atoms with Crippen LogP contribution in [0.25, 0.3) is 10.9 Å². The predicted octanol–water partition coefficient (Wildman–Crippen LogP) is 2.48. The number of nitriles is 2. The number of nitrogens with zero attached hydrogens (tertiary/aromatic N) is 4. The van der Waals surface area contributed by atoms with Crippen LogP contribution in [-0.4, -0.2) is 20.9 Å². The van der Waals surface area contributed by atoms with E-state index in [4.69, 9.17) is 5.26 Å². The van der Waals surface area contributed by atoms with Crippen molar-refractivity contribution in [3.05, 3.63) is 68.8 Å². The van der Waals surface area contributed by atoms with Crippen LogP contribution in [0.2, 0.25) is 0 Å². The van der Waals surface area contributed by atoms with Crippen molar-refractivity contribution < 1.29 is 18.0 Å². The first kappa shape index (κ1) is 21.5. The van der Waals surface area contributed by atoms with Crippen LogP contribution in [0, 0.1) is 35.4 Å². The third kappa shape index (κ3) is 3.69. The average Bonchev–Trinajstić information content (AvgIpc) is 2.72. The summed E-state index contributed by atoms with van der Waals surface area (Å²) in [5.41, 5.74) is -3.15. The van der Waals surface area contributed by atoms with Gasteiger partial charge in [-0.1, -0.05) is 0 Å². The van der Waals surface area contributed by atoms with Gasteiger partial charge in [0.2, 0.25) is 0 Å². The van der Waals surface area contributed by atoms with Crippen LogP contribution in [0.1, 0.15) is 41.0 Å². The summed E-state index contributed by atoms with van der Waals surface area (Å²) in [5, 5.41) is 19.9. The Morgan fingerprint density at radius 1 is 1.29 bits per heavy atom. The lowest BCUT2D eigenvalue weighted by Gasteiger charge is -2.21. The second-order valence-electron chi connectivity index (χ2n) is 6.62. The van der Waals surface area contributed by atoms with Crippen LogP contribution < -0.4 is 10.9 Å². The first-order valence-electron chi connectivity index (χ1n) is 8.78. The molecule has 31 heavy (non-hydrogen) atoms. The minimum absolute atomic E-state index is 0.0140. The number of rotatable bonds is 4. The number of nitrogens with one attached hydrogen (secondary N) is 2. The van der Waals surface area contributed by atoms with Gasteiger partial charge in [-0.05, 0) is 31.5 Å². The van der Waals surface area contributed by atoms with Gasteiger partial charge in [0.05, 0.1) is 28.4 Å². The van der Waals surface area contributed by atoms with E-state index in [9.17, 15) is 19.2 Å². The van der Waals surface area contributed by atoms with E-state index in [0.29, 0.717) is 0 Å². The number of carbonyl (C=O) groups is 1. The average molecular weight is 426 g/mol. The maximum Gasteiger partial charge on any atom is 0.355 e. The number of hydrogen-bond donors (Lipinski definition) is 2. The van der Waals surface area contributed by atoms with Gasteiger partial charge < -0.3 is 10.3 Å². The standard InChI is InChI=1S/C20H13F3N6O2/c1-9-15-13(3-4-26-14(15)7-25)29-18(30)16(9)20(22,23)19(31)28-10(2)17-12(21)5-11(6-24)8-27-17/h3-5,8,10H,1-2H3,(H,28,31)(H,29,30)/t10-/m0/s1. The molecule has 0 aromatic carbocycles. The summed E-state index contributed by atoms with van der Waals surface area (Å²) in [7, 11) is 0. The fourth-order valence-corrected chi connectivity index (χ4v) is 3.19. The number of hydrogen-bond acceptors (Lipinski definition) is 6. The molecule has 3 aromatic heterocycles. The summed E-state index contributed by atoms with van der Waals surface area (Å²) in [4.78, 5) is 34.5. The number of aryl methyl sites for hydroxylation is 1. The zero-order chi connectivity index (χ0) is 22.9. The minimum Gasteiger partial charge on any atom is -0.342 e. The Hall–Kier alpha value is -4.25. The van der Waals surface area contributed by atoms with Crippen molar-refractivity contribution in [2.45, 2.75) is 25.8 Å². The van der Waals surface area contributed by atoms with Crippen molar-refractivity contribution in [3.63, 3.8) is 0 Å². The van der Waals surface area contributed by atoms with Gasteiger partial charge in [0.25, 0.3) is 11.5 Å². The van der Waals surface area contributed by atoms with Crippen molar-refractivity contribution in [1.29, 1.82) is 10.5 Å². The van der Waals surface area contributed by atoms with Crippen molar-refractivity contribution in [2.75, 3.05) is 0 Å². The summed E-state index contributed by atoms with van der Waals surface area (Å²) >= 11 is 0. The molecular weight excluding hydrogens is 413 g/mol. The van der Waals surface area contributed by atoms with E-state index in [1.54, 1.807) is 12.1 Å². The van der Waals surface area contributed by atoms with E-state index in [0.717, 1.165) is 12.3 Å². The molecule has 0 aliphatic rings. The quantitative estimate of drug-likeness (QED) is 0.658. The zero-order valence-electron chi connectivity index (χ0n) is 16.1. The number of amides is 1. The lowest BCUT2D eigenvalue weighted by Crippen LogP contribution is -2.43. The number of H-pyrrole nitrogens is 1. The van der Waals surface area contributed by atoms with Gasteiger partial charge in [0.15, 0.2) is 0 Å². The molecule has 8 nitrogen and oxygen atoms in total. The molecule has 0 aliphatic carbocycles. The molecule has 0 fully saturated rings. The van der Waals surface area contributed by atoms with Gasteiger partial charge in [-0.2, -0.15) is 19.3 Å². The van der Waals surface area contributed by atoms with Crippen LogP contribution in [0.4, 0.5) is 13.2 Å². The van der Waals surface area contributed by atoms with Crippen LogP contribution >= 0.6 is 0 Å². The predicted molar refractivity (Wildman–Crippen MR) is 101 cm³/mol. The molecule has 0 bridgehead atoms. The highest BCUT2D eigenvalue weighted by Crippen LogP contribution is 2.32. The molecule has 3 heterocycles. The monoisotopic (exact) mass is 426 g/mol. The Kier molecular flexibility index (Phi) is 5.45. The minimum atomic E-state index is -4.31. The van der Waals surface area contributed by atoms with E-state index >= 15 is 8.78 Å². The van der Waals surface area contributed by atoms with Crippen molar-refractivity contribution in [2.24, 2.45) is 0 Å². The fourth-order valence-electron chi connectivity index (χ4n) is 3.19. The van der Waals surface area contributed by atoms with E-state index < -0.39 is 34.8 Å². The SMILES string of the molecule is Cc1c(C(F)(F)C(=O)N[C@@H](C)c2ncc(C#N)cc2F)c(=O)[nH]c2ccnc(C#N)c12. The van der Waals surface area contributed by atoms with Gasteiger partial charge in [-0.3, -0.25) is 14.6 Å². The van der Waals surface area contributed by atoms with Gasteiger partial charge in [-0.25, -0.2) is 9.37 Å². The van der Waals surface area contributed by atoms with Gasteiger partial charge in [0, 0.05) is 17.8 Å². The summed E-state index contributed by atoms with van der Waals surface area (Å²) in [6.45, 7) is 2.41. The number of alkyl halides is 2. The second-order valence-corrected chi connectivity index (χ2v) is 6.62. The van der Waals surface area contributed by atoms with Crippen LogP contribution in [-0.2, 0) is 10.7 Å². The molecule has 156 valence electrons. The zero-order valence-corrected chi connectivity index (χ0v) is 16.1. The number of aromatic amines is 1. The molecule has 0 unspecified atom stereocenters. The lowest BCUT2D eigenvalue weighted by molar-refractivity contribution is -0.148. The second kappa shape index (κ2) is 7.88. The number of pyridine rings is 3. The topological polar surface area (TPSA) is 135 Å². The van der Waals surface area contributed by atoms with Crippen molar-refractivity contribution in [1.82, 2.24) is 20.3 Å². The molecule has 0 aliphatic heterocycles. The highest BCUT2D eigenvalue weighted by atomic mass is 19.3. The number of aromatic nitrogens is 3. The van der Waals surface area contributed by atoms with E-state index in [1.165, 1.54) is 26.1 Å². The molecule has 3 aromatic rings. The normalized spacial score (nSPS) is 12.1. The van der Waals surface area contributed by atoms with E-state index in [1.807, 2.05) is 5.32 Å². The molecule has 1 amide bonds. The Balaban J connectivity index is 2.02. The van der Waals surface area contributed by atoms with E-state index in [2.05, 4.69) is 15.0 Å². The molecule has 0 spiro atoms. The van der Waals surface area contributed by atoms with Crippen molar-refractivity contribution >= 4 is 16.8 Å². The lowest BCUT2D eigenvalue weighted by atomic mass is 9.98. The third-order valence-corrected chi connectivity index (χ3v) is 4.64. The summed E-state index contributed by atoms with van der Waals surface area (Å²) < 4.78 is 44.2. The van der Waals surface area contributed by atoms with Crippen LogP contribution in [0.5, 0.6) is 0 Å². The summed E-state index contributed by atoms with van der Waals surface area (Å²) in [6, 6.07) is 4.35. The largest absolute Gasteiger partial charge is 0.355 e. The Morgan fingerprint density at radius 3 is 2.61 bits per heavy atom. The molecule has 1 atom stereocenters. The smallest absolute Gasteiger partial charge is 0.342 e. The number of carbonyl (C=O) groups excluding carboxylic acids is 1. The molecule has 2 N–H and O–H groups in total. The van der Waals surface area contributed by atoms with Gasteiger partial charge in [-0.15, -0.1) is 0 Å². The number of halogens is 3. The summed E-state index contributed by atoms with van der Waals surface area (Å²) in [6.07, 6.45) is 2.27. The fraction of sp³-hybridized carbons (Fsp3) is 0.200. The Bertz CT molecular complexity index is 1350. The maximum absolute atomic E-state index is 15.0. The maximum atomic E-state index is 15.0. The first-order valence-corrected chi connectivity index (χ1v) is 8.78. The van der Waals surface area contributed by atoms with Gasteiger partial charge >= 0.3 is 5.92 Å². The third-order valence-electron chi connectivity index (χ3n) is 4.64. The molecule has 11 heteroatoms. The Morgan fingerprint density at radius 2 is 2.00 bits per heavy atom. The molecule has 0 saturated heterocycles. The molecule has 3 rings (SSSR count). The molecule has 0 saturated carbocycles. The van der Waals surface area contributed by atoms with Gasteiger partial charge in [0.1, 0.15) is 23.6 Å². The Labute approximate surface area is 173 Å². The molecule has 0 radical (unpaired) electrons. The number of fused-ring (bicyclic) bond motifs is 1. The van der Waals surface area contributed by atoms with E-state index in [-0.39, 0.29) is 33.4 Å². The van der Waals surface area contributed by atoms with Crippen LogP contribution in [0.15, 0.2) is 29.3 Å². The first-order chi connectivity index (χ1) is 14.6. The highest BCUT2D eigenvalue weighted by Gasteiger charge is 2.46. The van der Waals surface area contributed by atoms with Crippen LogP contribution in [0.3, 0.4) is 0 Å².